The minimum absolute atomic E-state index is 0.467. The van der Waals surface area contributed by atoms with Crippen LogP contribution in [0, 0.1) is 27.7 Å². The molecule has 0 radical (unpaired) electrons. The number of aliphatic imine (C=N–C) groups is 2. The van der Waals surface area contributed by atoms with Crippen molar-refractivity contribution in [1.82, 2.24) is 13.9 Å². The van der Waals surface area contributed by atoms with E-state index in [0.717, 1.165) is 76.5 Å². The maximum absolute atomic E-state index is 14.4. The van der Waals surface area contributed by atoms with E-state index >= 15 is 0 Å². The highest BCUT2D eigenvalue weighted by atomic mass is 19.2. The fourth-order valence-corrected chi connectivity index (χ4v) is 8.03. The lowest BCUT2D eigenvalue weighted by atomic mass is 9.94. The first kappa shape index (κ1) is 40.1. The number of hydrogen-bond donors (Lipinski definition) is 2. The van der Waals surface area contributed by atoms with Gasteiger partial charge in [0.1, 0.15) is 0 Å². The number of allylic oxidation sites excluding steroid dienone is 4. The molecule has 0 bridgehead atoms. The molecule has 5 aromatic rings. The van der Waals surface area contributed by atoms with E-state index in [1.807, 2.05) is 120 Å². The number of nitrogens with one attached hydrogen (secondary N) is 2. The Kier molecular flexibility index (Phi) is 11.3. The molecule has 7 rings (SSSR count). The van der Waals surface area contributed by atoms with E-state index in [4.69, 9.17) is 15.0 Å². The van der Waals surface area contributed by atoms with Crippen LogP contribution in [0.1, 0.15) is 84.1 Å². The summed E-state index contributed by atoms with van der Waals surface area (Å²) < 4.78 is 59.7. The molecule has 58 heavy (non-hydrogen) atoms. The van der Waals surface area contributed by atoms with Gasteiger partial charge in [-0.2, -0.15) is 0 Å². The lowest BCUT2D eigenvalue weighted by Crippen LogP contribution is -2.18. The van der Waals surface area contributed by atoms with Crippen LogP contribution in [0.25, 0.3) is 11.1 Å². The summed E-state index contributed by atoms with van der Waals surface area (Å²) in [5.41, 5.74) is 14.7. The number of aromatic nitrogens is 3. The molecule has 294 valence electrons. The molecule has 7 nitrogen and oxygen atoms in total. The van der Waals surface area contributed by atoms with Crippen molar-refractivity contribution in [2.45, 2.75) is 68.5 Å². The van der Waals surface area contributed by atoms with Gasteiger partial charge in [0.2, 0.25) is 0 Å². The Balaban J connectivity index is 1.06. The van der Waals surface area contributed by atoms with Gasteiger partial charge in [-0.3, -0.25) is 32.2 Å². The lowest BCUT2D eigenvalue weighted by Gasteiger charge is -2.17. The standard InChI is InChI=1S/C45H45B2F4N7/c1-26-20-30(5)54-42(26)40(44-28(3)22-32(7)57(44)46(48)49)34-12-16-36(17-13-34)52-24-38-10-9-11-39(56-38)25-53-37-18-14-35(15-19-37)41(43-27(2)21-31(6)55-43)45-29(4)23-33(8)58(45)47(50)51/h9-23,52-53H,24-25H2,1-8H3/b42-40-,43-41-. The number of pyridine rings is 1. The van der Waals surface area contributed by atoms with Crippen molar-refractivity contribution in [2.24, 2.45) is 9.98 Å². The number of aryl methyl sites for hydroxylation is 4. The molecule has 0 amide bonds. The highest BCUT2D eigenvalue weighted by molar-refractivity contribution is 6.42. The summed E-state index contributed by atoms with van der Waals surface area (Å²) in [7, 11) is -5.38. The Labute approximate surface area is 338 Å². The minimum atomic E-state index is -2.69. The average molecular weight is 782 g/mol. The summed E-state index contributed by atoms with van der Waals surface area (Å²) in [6.45, 7) is 15.8. The van der Waals surface area contributed by atoms with Crippen molar-refractivity contribution in [2.75, 3.05) is 10.6 Å². The topological polar surface area (TPSA) is 71.5 Å². The molecule has 2 aliphatic rings. The first-order valence-electron chi connectivity index (χ1n) is 19.2. The predicted octanol–water partition coefficient (Wildman–Crippen LogP) is 11.0. The number of halogens is 4. The van der Waals surface area contributed by atoms with E-state index in [2.05, 4.69) is 10.6 Å². The van der Waals surface area contributed by atoms with Crippen molar-refractivity contribution in [1.29, 1.82) is 0 Å². The van der Waals surface area contributed by atoms with E-state index in [9.17, 15) is 17.3 Å². The number of hydrogen-bond acceptors (Lipinski definition) is 5. The SMILES string of the molecule is CC1=CC(C)=N/C1=C(/c1ccc(NCc2cccc(CNc3ccc(/C(=C4/N=C(C)C=C4C)c4c(C)cc(C)n4B(F)F)cc3)n2)cc1)c1c(C)cc(C)n1B(F)F. The zero-order valence-corrected chi connectivity index (χ0v) is 34.0. The van der Waals surface area contributed by atoms with Crippen molar-refractivity contribution in [3.05, 3.63) is 170 Å². The van der Waals surface area contributed by atoms with Crippen LogP contribution in [-0.4, -0.2) is 40.2 Å². The van der Waals surface area contributed by atoms with Crippen LogP contribution in [0.3, 0.4) is 0 Å². The van der Waals surface area contributed by atoms with Gasteiger partial charge in [0, 0.05) is 56.7 Å². The summed E-state index contributed by atoms with van der Waals surface area (Å²) in [5.74, 6) is 0. The summed E-state index contributed by atoms with van der Waals surface area (Å²) >= 11 is 0. The number of anilines is 2. The maximum Gasteiger partial charge on any atom is 0.677 e. The molecular formula is C45H45B2F4N7. The first-order chi connectivity index (χ1) is 27.7. The Morgan fingerprint density at radius 2 is 0.931 bits per heavy atom. The molecule has 0 spiro atoms. The molecule has 0 fully saturated rings. The van der Waals surface area contributed by atoms with E-state index in [0.29, 0.717) is 58.4 Å². The van der Waals surface area contributed by atoms with Crippen LogP contribution in [0.5, 0.6) is 0 Å². The summed E-state index contributed by atoms with van der Waals surface area (Å²) in [6.07, 6.45) is 3.94. The number of benzene rings is 2. The van der Waals surface area contributed by atoms with Crippen LogP contribution < -0.4 is 10.6 Å². The van der Waals surface area contributed by atoms with Gasteiger partial charge in [0.25, 0.3) is 0 Å². The zero-order chi connectivity index (χ0) is 41.4. The monoisotopic (exact) mass is 781 g/mol. The minimum Gasteiger partial charge on any atom is -0.379 e. The van der Waals surface area contributed by atoms with Gasteiger partial charge in [0.15, 0.2) is 0 Å². The summed E-state index contributed by atoms with van der Waals surface area (Å²) in [6, 6.07) is 25.0. The molecule has 0 unspecified atom stereocenters. The van der Waals surface area contributed by atoms with Crippen molar-refractivity contribution in [3.63, 3.8) is 0 Å². The fourth-order valence-electron chi connectivity index (χ4n) is 8.03. The first-order valence-corrected chi connectivity index (χ1v) is 19.2. The average Bonchev–Trinajstić information content (AvgIpc) is 3.88. The largest absolute Gasteiger partial charge is 0.677 e. The second-order valence-electron chi connectivity index (χ2n) is 15.0. The van der Waals surface area contributed by atoms with Gasteiger partial charge < -0.3 is 19.6 Å². The number of nitrogens with zero attached hydrogens (tertiary/aromatic N) is 5. The Morgan fingerprint density at radius 1 is 0.552 bits per heavy atom. The lowest BCUT2D eigenvalue weighted by molar-refractivity contribution is 0.622. The van der Waals surface area contributed by atoms with Gasteiger partial charge in [-0.1, -0.05) is 30.3 Å². The number of rotatable bonds is 12. The third-order valence-electron chi connectivity index (χ3n) is 10.5. The highest BCUT2D eigenvalue weighted by Gasteiger charge is 2.31. The van der Waals surface area contributed by atoms with Crippen molar-refractivity contribution in [3.8, 4) is 0 Å². The van der Waals surface area contributed by atoms with E-state index in [-0.39, 0.29) is 0 Å². The van der Waals surface area contributed by atoms with Gasteiger partial charge in [0.05, 0.1) is 35.9 Å². The Morgan fingerprint density at radius 3 is 1.26 bits per heavy atom. The fraction of sp³-hybridized carbons (Fsp3) is 0.222. The Hall–Kier alpha value is -6.10. The predicted molar refractivity (Wildman–Crippen MR) is 232 cm³/mol. The van der Waals surface area contributed by atoms with E-state index < -0.39 is 14.8 Å². The molecule has 2 aromatic carbocycles. The van der Waals surface area contributed by atoms with Gasteiger partial charge in [-0.15, -0.1) is 0 Å². The molecule has 2 aliphatic heterocycles. The molecule has 0 aliphatic carbocycles. The second kappa shape index (κ2) is 16.4. The second-order valence-corrected chi connectivity index (χ2v) is 15.0. The summed E-state index contributed by atoms with van der Waals surface area (Å²) in [5, 5.41) is 6.89. The summed E-state index contributed by atoms with van der Waals surface area (Å²) in [4.78, 5) is 14.4. The van der Waals surface area contributed by atoms with Crippen LogP contribution in [0.4, 0.5) is 28.6 Å². The molecular weight excluding hydrogens is 736 g/mol. The van der Waals surface area contributed by atoms with Crippen LogP contribution in [0.2, 0.25) is 0 Å². The van der Waals surface area contributed by atoms with E-state index in [1.165, 1.54) is 0 Å². The Bertz CT molecular complexity index is 2410. The third kappa shape index (κ3) is 8.03. The smallest absolute Gasteiger partial charge is 0.379 e. The molecule has 5 heterocycles. The molecule has 2 N–H and O–H groups in total. The third-order valence-corrected chi connectivity index (χ3v) is 10.5. The molecule has 13 heteroatoms. The highest BCUT2D eigenvalue weighted by Crippen LogP contribution is 2.39. The van der Waals surface area contributed by atoms with Crippen LogP contribution in [-0.2, 0) is 13.1 Å². The van der Waals surface area contributed by atoms with Gasteiger partial charge in [-0.05, 0) is 149 Å². The molecule has 0 saturated carbocycles. The molecule has 0 atom stereocenters. The normalized spacial score (nSPS) is 15.5. The van der Waals surface area contributed by atoms with Crippen LogP contribution in [0.15, 0.2) is 124 Å². The van der Waals surface area contributed by atoms with Crippen molar-refractivity contribution < 1.29 is 17.3 Å². The zero-order valence-electron chi connectivity index (χ0n) is 34.0. The van der Waals surface area contributed by atoms with Crippen molar-refractivity contribution >= 4 is 48.7 Å². The van der Waals surface area contributed by atoms with Gasteiger partial charge >= 0.3 is 14.8 Å². The maximum atomic E-state index is 14.4. The van der Waals surface area contributed by atoms with Gasteiger partial charge in [-0.25, -0.2) is 0 Å². The molecule has 0 saturated heterocycles. The quantitative estimate of drug-likeness (QED) is 0.0978. The molecule has 3 aromatic heterocycles. The van der Waals surface area contributed by atoms with Crippen LogP contribution >= 0.6 is 0 Å². The van der Waals surface area contributed by atoms with E-state index in [1.54, 1.807) is 26.0 Å².